The molecule has 0 atom stereocenters. The lowest BCUT2D eigenvalue weighted by molar-refractivity contribution is 0.601. The predicted octanol–water partition coefficient (Wildman–Crippen LogP) is 5.52. The van der Waals surface area contributed by atoms with E-state index in [9.17, 15) is 8.42 Å². The highest BCUT2D eigenvalue weighted by molar-refractivity contribution is 7.92. The number of hydrogen-bond acceptors (Lipinski definition) is 7. The van der Waals surface area contributed by atoms with Gasteiger partial charge in [-0.3, -0.25) is 10.1 Å². The molecule has 0 aliphatic heterocycles. The lowest BCUT2D eigenvalue weighted by Gasteiger charge is -2.11. The van der Waals surface area contributed by atoms with E-state index in [1.165, 1.54) is 23.3 Å². The number of benzene rings is 2. The summed E-state index contributed by atoms with van der Waals surface area (Å²) in [6.07, 6.45) is 6.16. The minimum absolute atomic E-state index is 0.232. The van der Waals surface area contributed by atoms with Crippen molar-refractivity contribution >= 4 is 48.8 Å². The molecule has 1 aliphatic carbocycles. The van der Waals surface area contributed by atoms with Crippen molar-refractivity contribution in [3.63, 3.8) is 0 Å². The molecule has 34 heavy (non-hydrogen) atoms. The molecule has 0 bridgehead atoms. The summed E-state index contributed by atoms with van der Waals surface area (Å²) < 4.78 is 27.9. The lowest BCUT2D eigenvalue weighted by Crippen LogP contribution is -2.13. The van der Waals surface area contributed by atoms with Gasteiger partial charge in [0.15, 0.2) is 5.82 Å². The average molecular weight is 492 g/mol. The second kappa shape index (κ2) is 9.15. The van der Waals surface area contributed by atoms with Crippen LogP contribution in [0.5, 0.6) is 0 Å². The molecule has 2 aromatic carbocycles. The number of fused-ring (bicyclic) bond motifs is 3. The molecule has 9 heteroatoms. The van der Waals surface area contributed by atoms with Crippen LogP contribution in [0, 0.1) is 6.92 Å². The minimum Gasteiger partial charge on any atom is -0.280 e. The van der Waals surface area contributed by atoms with E-state index in [0.29, 0.717) is 5.69 Å². The first-order valence-electron chi connectivity index (χ1n) is 11.2. The third-order valence-corrected chi connectivity index (χ3v) is 8.56. The fourth-order valence-corrected chi connectivity index (χ4v) is 6.37. The maximum absolute atomic E-state index is 12.6. The number of hydrazone groups is 1. The van der Waals surface area contributed by atoms with Crippen molar-refractivity contribution in [2.75, 3.05) is 10.1 Å². The summed E-state index contributed by atoms with van der Waals surface area (Å²) in [5, 5.41) is 5.63. The average Bonchev–Trinajstić information content (AvgIpc) is 3.22. The summed E-state index contributed by atoms with van der Waals surface area (Å²) in [5.74, 6) is 0.728. The zero-order valence-corrected chi connectivity index (χ0v) is 20.6. The van der Waals surface area contributed by atoms with Gasteiger partial charge in [-0.05, 0) is 74.9 Å². The van der Waals surface area contributed by atoms with Gasteiger partial charge < -0.3 is 0 Å². The SMILES string of the molecule is C/C(=N/Nc1ncnc2sc3c(c12)CCCC3)c1ccc(NS(=O)(=O)c2ccc(C)cc2)cc1. The quantitative estimate of drug-likeness (QED) is 0.274. The molecule has 174 valence electrons. The van der Waals surface area contributed by atoms with E-state index in [0.717, 1.165) is 45.7 Å². The fraction of sp³-hybridized carbons (Fsp3) is 0.240. The van der Waals surface area contributed by atoms with Crippen molar-refractivity contribution in [1.29, 1.82) is 0 Å². The largest absolute Gasteiger partial charge is 0.280 e. The minimum atomic E-state index is -3.64. The molecule has 2 heterocycles. The van der Waals surface area contributed by atoms with Crippen molar-refractivity contribution < 1.29 is 8.42 Å². The summed E-state index contributed by atoms with van der Waals surface area (Å²) in [6, 6.07) is 13.9. The van der Waals surface area contributed by atoms with E-state index in [2.05, 4.69) is 25.2 Å². The Morgan fingerprint density at radius 3 is 2.50 bits per heavy atom. The zero-order valence-electron chi connectivity index (χ0n) is 19.0. The third kappa shape index (κ3) is 4.53. The Morgan fingerprint density at radius 2 is 1.74 bits per heavy atom. The molecule has 5 rings (SSSR count). The number of sulfonamides is 1. The number of hydrogen-bond donors (Lipinski definition) is 2. The number of thiophene rings is 1. The maximum Gasteiger partial charge on any atom is 0.261 e. The normalized spacial score (nSPS) is 14.1. The number of anilines is 2. The van der Waals surface area contributed by atoms with Crippen molar-refractivity contribution in [2.45, 2.75) is 44.4 Å². The van der Waals surface area contributed by atoms with Crippen LogP contribution in [-0.4, -0.2) is 24.1 Å². The van der Waals surface area contributed by atoms with Crippen molar-refractivity contribution in [3.05, 3.63) is 76.4 Å². The van der Waals surface area contributed by atoms with E-state index in [-0.39, 0.29) is 4.90 Å². The Hall–Kier alpha value is -3.30. The van der Waals surface area contributed by atoms with Crippen LogP contribution < -0.4 is 10.1 Å². The zero-order chi connectivity index (χ0) is 23.7. The van der Waals surface area contributed by atoms with E-state index in [4.69, 9.17) is 0 Å². The van der Waals surface area contributed by atoms with Gasteiger partial charge in [0, 0.05) is 10.6 Å². The Kier molecular flexibility index (Phi) is 6.05. The molecule has 0 saturated carbocycles. The molecule has 0 radical (unpaired) electrons. The van der Waals surface area contributed by atoms with E-state index < -0.39 is 10.0 Å². The van der Waals surface area contributed by atoms with Crippen LogP contribution in [0.3, 0.4) is 0 Å². The number of nitrogens with one attached hydrogen (secondary N) is 2. The highest BCUT2D eigenvalue weighted by Crippen LogP contribution is 2.38. The van der Waals surface area contributed by atoms with Crippen molar-refractivity contribution in [3.8, 4) is 0 Å². The standard InChI is InChI=1S/C25H25N5O2S2/c1-16-7-13-20(14-8-16)34(31,32)30-19-11-9-18(10-12-19)17(2)28-29-24-23-21-5-3-4-6-22(21)33-25(23)27-15-26-24/h7-15,30H,3-6H2,1-2H3,(H,26,27,29)/b28-17-. The summed E-state index contributed by atoms with van der Waals surface area (Å²) in [4.78, 5) is 11.5. The van der Waals surface area contributed by atoms with Gasteiger partial charge in [-0.25, -0.2) is 18.4 Å². The van der Waals surface area contributed by atoms with Crippen LogP contribution >= 0.6 is 11.3 Å². The van der Waals surface area contributed by atoms with Gasteiger partial charge in [-0.1, -0.05) is 29.8 Å². The van der Waals surface area contributed by atoms with E-state index >= 15 is 0 Å². The van der Waals surface area contributed by atoms with Crippen LogP contribution in [0.2, 0.25) is 0 Å². The maximum atomic E-state index is 12.6. The lowest BCUT2D eigenvalue weighted by atomic mass is 9.97. The Balaban J connectivity index is 1.33. The Morgan fingerprint density at radius 1 is 1.00 bits per heavy atom. The number of nitrogens with zero attached hydrogens (tertiary/aromatic N) is 3. The van der Waals surface area contributed by atoms with Gasteiger partial charge >= 0.3 is 0 Å². The molecule has 1 aliphatic rings. The van der Waals surface area contributed by atoms with Crippen LogP contribution in [0.1, 0.15) is 41.3 Å². The number of aromatic nitrogens is 2. The van der Waals surface area contributed by atoms with E-state index in [1.54, 1.807) is 54.1 Å². The molecule has 2 N–H and O–H groups in total. The molecule has 0 fully saturated rings. The monoisotopic (exact) mass is 491 g/mol. The van der Waals surface area contributed by atoms with Crippen LogP contribution in [-0.2, 0) is 22.9 Å². The smallest absolute Gasteiger partial charge is 0.261 e. The molecule has 2 aromatic heterocycles. The van der Waals surface area contributed by atoms with Gasteiger partial charge in [-0.15, -0.1) is 11.3 Å². The van der Waals surface area contributed by atoms with Gasteiger partial charge in [0.2, 0.25) is 0 Å². The highest BCUT2D eigenvalue weighted by Gasteiger charge is 2.20. The Bertz CT molecular complexity index is 1470. The molecular weight excluding hydrogens is 466 g/mol. The summed E-state index contributed by atoms with van der Waals surface area (Å²) in [6.45, 7) is 3.82. The van der Waals surface area contributed by atoms with Crippen LogP contribution in [0.15, 0.2) is 64.9 Å². The molecule has 0 amide bonds. The predicted molar refractivity (Wildman–Crippen MR) is 138 cm³/mol. The van der Waals surface area contributed by atoms with Gasteiger partial charge in [0.1, 0.15) is 11.2 Å². The van der Waals surface area contributed by atoms with E-state index in [1.807, 2.05) is 26.0 Å². The summed E-state index contributed by atoms with van der Waals surface area (Å²) >= 11 is 1.75. The molecule has 0 unspecified atom stereocenters. The van der Waals surface area contributed by atoms with Gasteiger partial charge in [-0.2, -0.15) is 5.10 Å². The Labute approximate surface area is 203 Å². The highest BCUT2D eigenvalue weighted by atomic mass is 32.2. The second-order valence-corrected chi connectivity index (χ2v) is 11.2. The summed E-state index contributed by atoms with van der Waals surface area (Å²) in [7, 11) is -3.64. The van der Waals surface area contributed by atoms with Gasteiger partial charge in [0.25, 0.3) is 10.0 Å². The number of aryl methyl sites for hydroxylation is 3. The van der Waals surface area contributed by atoms with Crippen molar-refractivity contribution in [1.82, 2.24) is 9.97 Å². The first-order valence-corrected chi connectivity index (χ1v) is 13.5. The van der Waals surface area contributed by atoms with Gasteiger partial charge in [0.05, 0.1) is 16.0 Å². The topological polar surface area (TPSA) is 96.3 Å². The molecule has 7 nitrogen and oxygen atoms in total. The first-order chi connectivity index (χ1) is 16.4. The molecular formula is C25H25N5O2S2. The van der Waals surface area contributed by atoms with Crippen LogP contribution in [0.25, 0.3) is 10.2 Å². The van der Waals surface area contributed by atoms with Crippen molar-refractivity contribution in [2.24, 2.45) is 5.10 Å². The molecule has 0 saturated heterocycles. The van der Waals surface area contributed by atoms with Crippen LogP contribution in [0.4, 0.5) is 11.5 Å². The third-order valence-electron chi connectivity index (χ3n) is 5.97. The molecule has 0 spiro atoms. The fourth-order valence-electron chi connectivity index (χ4n) is 4.09. The molecule has 4 aromatic rings. The summed E-state index contributed by atoms with van der Waals surface area (Å²) in [5.41, 5.74) is 7.63. The first kappa shape index (κ1) is 22.5. The second-order valence-electron chi connectivity index (χ2n) is 8.42. The number of rotatable bonds is 6.